The molecule has 6 nitrogen and oxygen atoms in total. The second-order valence-corrected chi connectivity index (χ2v) is 6.41. The monoisotopic (exact) mass is 315 g/mol. The lowest BCUT2D eigenvalue weighted by atomic mass is 9.65. The molecule has 0 amide bonds. The minimum atomic E-state index is -0.362. The van der Waals surface area contributed by atoms with Crippen molar-refractivity contribution >= 4 is 5.97 Å². The zero-order valence-electron chi connectivity index (χ0n) is 12.7. The number of carbonyl (C=O) groups excluding carboxylic acids is 1. The first-order valence-electron chi connectivity index (χ1n) is 7.83. The first-order chi connectivity index (χ1) is 11.2. The Kier molecular flexibility index (Phi) is 2.61. The first-order valence-corrected chi connectivity index (χ1v) is 7.83. The van der Waals surface area contributed by atoms with Gasteiger partial charge < -0.3 is 24.3 Å². The Morgan fingerprint density at radius 1 is 1.30 bits per heavy atom. The molecule has 0 radical (unpaired) electrons. The van der Waals surface area contributed by atoms with Crippen molar-refractivity contribution in [2.45, 2.75) is 30.1 Å². The van der Waals surface area contributed by atoms with Crippen LogP contribution in [0.2, 0.25) is 0 Å². The van der Waals surface area contributed by atoms with Crippen LogP contribution in [0.3, 0.4) is 0 Å². The smallest absolute Gasteiger partial charge is 0.338 e. The molecule has 1 N–H and O–H groups in total. The second-order valence-electron chi connectivity index (χ2n) is 6.41. The van der Waals surface area contributed by atoms with Gasteiger partial charge in [0.1, 0.15) is 6.10 Å². The number of esters is 1. The van der Waals surface area contributed by atoms with Crippen molar-refractivity contribution in [2.75, 3.05) is 20.4 Å². The minimum absolute atomic E-state index is 0.0759. The molecule has 6 heteroatoms. The molecular formula is C17H17NO5. The molecule has 3 aliphatic heterocycles. The van der Waals surface area contributed by atoms with Gasteiger partial charge in [-0.1, -0.05) is 12.2 Å². The Hall–Kier alpha value is -2.05. The number of fused-ring (bicyclic) bond motifs is 2. The van der Waals surface area contributed by atoms with Crippen molar-refractivity contribution in [1.29, 1.82) is 0 Å². The molecule has 1 aromatic rings. The minimum Gasteiger partial charge on any atom is -0.456 e. The first kappa shape index (κ1) is 13.4. The van der Waals surface area contributed by atoms with Crippen molar-refractivity contribution in [1.82, 2.24) is 5.32 Å². The number of benzene rings is 1. The highest BCUT2D eigenvalue weighted by atomic mass is 16.7. The highest BCUT2D eigenvalue weighted by molar-refractivity contribution is 5.94. The van der Waals surface area contributed by atoms with E-state index in [1.807, 2.05) is 6.07 Å². The molecule has 1 fully saturated rings. The van der Waals surface area contributed by atoms with Crippen molar-refractivity contribution in [3.05, 3.63) is 35.4 Å². The number of methoxy groups -OCH3 is 1. The molecule has 0 bridgehead atoms. The van der Waals surface area contributed by atoms with Crippen LogP contribution < -0.4 is 14.8 Å². The van der Waals surface area contributed by atoms with E-state index in [0.717, 1.165) is 12.0 Å². The summed E-state index contributed by atoms with van der Waals surface area (Å²) in [4.78, 5) is 12.4. The summed E-state index contributed by atoms with van der Waals surface area (Å²) in [6.07, 6.45) is 4.93. The Morgan fingerprint density at radius 2 is 2.13 bits per heavy atom. The maximum absolute atomic E-state index is 12.4. The van der Waals surface area contributed by atoms with E-state index in [-0.39, 0.29) is 36.4 Å². The zero-order chi connectivity index (χ0) is 15.6. The van der Waals surface area contributed by atoms with Gasteiger partial charge in [-0.25, -0.2) is 4.79 Å². The van der Waals surface area contributed by atoms with Gasteiger partial charge in [0.05, 0.1) is 17.1 Å². The Balaban J connectivity index is 1.73. The lowest BCUT2D eigenvalue weighted by Crippen LogP contribution is -2.52. The summed E-state index contributed by atoms with van der Waals surface area (Å²) in [5.74, 6) is 1.01. The van der Waals surface area contributed by atoms with Gasteiger partial charge in [0.25, 0.3) is 0 Å². The maximum Gasteiger partial charge on any atom is 0.338 e. The van der Waals surface area contributed by atoms with Gasteiger partial charge in [-0.15, -0.1) is 0 Å². The molecule has 3 heterocycles. The van der Waals surface area contributed by atoms with Crippen LogP contribution in [0.15, 0.2) is 24.3 Å². The molecule has 1 aliphatic carbocycles. The van der Waals surface area contributed by atoms with E-state index >= 15 is 0 Å². The molecule has 120 valence electrons. The SMILES string of the molecule is CO[C@@H]1C=C[C@@]23c4cc5c(cc4C(=O)O[C@H]2CN[C@H]3C1)OCO5. The van der Waals surface area contributed by atoms with E-state index in [0.29, 0.717) is 23.6 Å². The van der Waals surface area contributed by atoms with E-state index in [2.05, 4.69) is 17.5 Å². The molecule has 5 rings (SSSR count). The fourth-order valence-corrected chi connectivity index (χ4v) is 4.32. The van der Waals surface area contributed by atoms with Gasteiger partial charge in [0, 0.05) is 19.7 Å². The molecule has 0 aromatic heterocycles. The quantitative estimate of drug-likeness (QED) is 0.619. The summed E-state index contributed by atoms with van der Waals surface area (Å²) in [5, 5.41) is 3.50. The van der Waals surface area contributed by atoms with Crippen LogP contribution in [-0.2, 0) is 14.9 Å². The van der Waals surface area contributed by atoms with Crippen LogP contribution in [0, 0.1) is 0 Å². The standard InChI is InChI=1S/C17H17NO5/c1-20-9-2-3-17-11-6-13-12(21-8-22-13)5-10(11)16(19)23-15(17)7-18-14(17)4-9/h2-3,5-6,9,14-15,18H,4,7-8H2,1H3/t9-,14+,15+,17+/m1/s1. The lowest BCUT2D eigenvalue weighted by Gasteiger charge is -2.44. The van der Waals surface area contributed by atoms with Gasteiger partial charge >= 0.3 is 5.97 Å². The summed E-state index contributed by atoms with van der Waals surface area (Å²) < 4.78 is 22.1. The van der Waals surface area contributed by atoms with Crippen LogP contribution in [0.4, 0.5) is 0 Å². The largest absolute Gasteiger partial charge is 0.456 e. The number of ether oxygens (including phenoxy) is 4. The van der Waals surface area contributed by atoms with E-state index in [1.165, 1.54) is 0 Å². The number of hydrogen-bond donors (Lipinski definition) is 1. The number of nitrogens with one attached hydrogen (secondary N) is 1. The number of rotatable bonds is 1. The van der Waals surface area contributed by atoms with Gasteiger partial charge in [0.15, 0.2) is 11.5 Å². The van der Waals surface area contributed by atoms with Crippen LogP contribution in [0.25, 0.3) is 0 Å². The Morgan fingerprint density at radius 3 is 2.96 bits per heavy atom. The molecule has 4 aliphatic rings. The van der Waals surface area contributed by atoms with Gasteiger partial charge in [-0.05, 0) is 24.1 Å². The maximum atomic E-state index is 12.4. The van der Waals surface area contributed by atoms with E-state index in [9.17, 15) is 4.79 Å². The van der Waals surface area contributed by atoms with E-state index in [1.54, 1.807) is 13.2 Å². The van der Waals surface area contributed by atoms with E-state index < -0.39 is 0 Å². The third-order valence-electron chi connectivity index (χ3n) is 5.46. The average molecular weight is 315 g/mol. The molecule has 1 saturated heterocycles. The topological polar surface area (TPSA) is 66.0 Å². The molecule has 4 atom stereocenters. The van der Waals surface area contributed by atoms with Gasteiger partial charge in [0.2, 0.25) is 6.79 Å². The Labute approximate surface area is 133 Å². The summed E-state index contributed by atoms with van der Waals surface area (Å²) in [5.41, 5.74) is 1.17. The average Bonchev–Trinajstić information content (AvgIpc) is 3.17. The molecule has 0 unspecified atom stereocenters. The van der Waals surface area contributed by atoms with Crippen LogP contribution in [0.1, 0.15) is 22.3 Å². The van der Waals surface area contributed by atoms with E-state index in [4.69, 9.17) is 18.9 Å². The predicted molar refractivity (Wildman–Crippen MR) is 79.8 cm³/mol. The summed E-state index contributed by atoms with van der Waals surface area (Å²) in [7, 11) is 1.71. The van der Waals surface area contributed by atoms with Crippen molar-refractivity contribution in [2.24, 2.45) is 0 Å². The second kappa shape index (κ2) is 4.49. The fraction of sp³-hybridized carbons (Fsp3) is 0.471. The molecular weight excluding hydrogens is 298 g/mol. The van der Waals surface area contributed by atoms with Gasteiger partial charge in [-0.3, -0.25) is 0 Å². The van der Waals surface area contributed by atoms with Gasteiger partial charge in [-0.2, -0.15) is 0 Å². The molecule has 23 heavy (non-hydrogen) atoms. The fourth-order valence-electron chi connectivity index (χ4n) is 4.32. The zero-order valence-corrected chi connectivity index (χ0v) is 12.7. The lowest BCUT2D eigenvalue weighted by molar-refractivity contribution is 0.0118. The molecule has 1 aromatic carbocycles. The third kappa shape index (κ3) is 1.62. The third-order valence-corrected chi connectivity index (χ3v) is 5.46. The number of carbonyl (C=O) groups is 1. The molecule has 0 saturated carbocycles. The number of hydrogen-bond acceptors (Lipinski definition) is 6. The highest BCUT2D eigenvalue weighted by Gasteiger charge is 2.57. The molecule has 1 spiro atoms. The predicted octanol–water partition coefficient (Wildman–Crippen LogP) is 1.14. The van der Waals surface area contributed by atoms with Crippen LogP contribution in [-0.4, -0.2) is 44.7 Å². The van der Waals surface area contributed by atoms with Crippen molar-refractivity contribution in [3.63, 3.8) is 0 Å². The van der Waals surface area contributed by atoms with Crippen LogP contribution in [0.5, 0.6) is 11.5 Å². The summed E-state index contributed by atoms with van der Waals surface area (Å²) >= 11 is 0. The normalized spacial score (nSPS) is 36.2. The van der Waals surface area contributed by atoms with Crippen molar-refractivity contribution in [3.8, 4) is 11.5 Å². The highest BCUT2D eigenvalue weighted by Crippen LogP contribution is 2.50. The summed E-state index contributed by atoms with van der Waals surface area (Å²) in [6, 6.07) is 3.86. The Bertz CT molecular complexity index is 730. The van der Waals surface area contributed by atoms with Crippen LogP contribution >= 0.6 is 0 Å². The van der Waals surface area contributed by atoms with Crippen molar-refractivity contribution < 1.29 is 23.7 Å². The summed E-state index contributed by atoms with van der Waals surface area (Å²) in [6.45, 7) is 0.831.